The quantitative estimate of drug-likeness (QED) is 0.592. The maximum absolute atomic E-state index is 12.5. The Morgan fingerprint density at radius 1 is 1.47 bits per heavy atom. The normalized spacial score (nSPS) is 38.5. The Labute approximate surface area is 109 Å². The molecule has 0 radical (unpaired) electrons. The molecule has 0 aromatic rings. The van der Waals surface area contributed by atoms with Gasteiger partial charge in [0.05, 0.1) is 0 Å². The standard InChI is InChI=1S/C13H20O3Se/c1-12(2)8-5-6-13(12,3)11(15)10(8)17-7-9(14)16-4/h8,10H,5-7H2,1-4H3. The van der Waals surface area contributed by atoms with Gasteiger partial charge in [-0.1, -0.05) is 0 Å². The van der Waals surface area contributed by atoms with E-state index in [1.807, 2.05) is 0 Å². The Bertz CT molecular complexity index is 364. The van der Waals surface area contributed by atoms with Crippen LogP contribution in [0.4, 0.5) is 0 Å². The summed E-state index contributed by atoms with van der Waals surface area (Å²) in [6.45, 7) is 6.55. The molecular formula is C13H20O3Se. The van der Waals surface area contributed by atoms with Gasteiger partial charge in [-0.3, -0.25) is 0 Å². The molecule has 2 rings (SSSR count). The van der Waals surface area contributed by atoms with Gasteiger partial charge in [-0.15, -0.1) is 0 Å². The van der Waals surface area contributed by atoms with Gasteiger partial charge in [-0.2, -0.15) is 0 Å². The first-order valence-corrected chi connectivity index (χ1v) is 8.27. The van der Waals surface area contributed by atoms with E-state index in [1.54, 1.807) is 0 Å². The van der Waals surface area contributed by atoms with Crippen LogP contribution in [-0.4, -0.2) is 33.8 Å². The fraction of sp³-hybridized carbons (Fsp3) is 0.846. The zero-order chi connectivity index (χ0) is 12.8. The molecule has 2 aliphatic rings. The van der Waals surface area contributed by atoms with Gasteiger partial charge in [-0.05, 0) is 0 Å². The summed E-state index contributed by atoms with van der Waals surface area (Å²) in [5.74, 6) is 0.704. The third-order valence-electron chi connectivity index (χ3n) is 5.08. The third kappa shape index (κ3) is 1.68. The number of carbonyl (C=O) groups excluding carboxylic acids is 2. The van der Waals surface area contributed by atoms with E-state index in [4.69, 9.17) is 0 Å². The summed E-state index contributed by atoms with van der Waals surface area (Å²) in [7, 11) is 1.41. The zero-order valence-corrected chi connectivity index (χ0v) is 12.6. The number of hydrogen-bond donors (Lipinski definition) is 0. The van der Waals surface area contributed by atoms with Crippen molar-refractivity contribution >= 4 is 26.7 Å². The van der Waals surface area contributed by atoms with E-state index >= 15 is 0 Å². The predicted octanol–water partition coefficient (Wildman–Crippen LogP) is 2.10. The van der Waals surface area contributed by atoms with Crippen LogP contribution in [0.15, 0.2) is 0 Å². The molecule has 0 aliphatic heterocycles. The molecule has 3 nitrogen and oxygen atoms in total. The minimum atomic E-state index is -0.177. The number of esters is 1. The molecule has 4 heteroatoms. The molecular weight excluding hydrogens is 283 g/mol. The average Bonchev–Trinajstić information content (AvgIpc) is 2.59. The molecule has 2 aliphatic carbocycles. The van der Waals surface area contributed by atoms with E-state index < -0.39 is 0 Å². The van der Waals surface area contributed by atoms with Crippen LogP contribution in [0.25, 0.3) is 0 Å². The van der Waals surface area contributed by atoms with E-state index in [9.17, 15) is 9.59 Å². The molecule has 17 heavy (non-hydrogen) atoms. The molecule has 2 saturated carbocycles. The second-order valence-electron chi connectivity index (χ2n) is 5.87. The summed E-state index contributed by atoms with van der Waals surface area (Å²) in [5, 5.41) is 0.433. The molecule has 0 amide bonds. The number of rotatable bonds is 3. The van der Waals surface area contributed by atoms with Crippen molar-refractivity contribution in [1.29, 1.82) is 0 Å². The van der Waals surface area contributed by atoms with Gasteiger partial charge in [0.15, 0.2) is 0 Å². The van der Waals surface area contributed by atoms with E-state index in [0.29, 0.717) is 17.0 Å². The van der Waals surface area contributed by atoms with E-state index in [0.717, 1.165) is 12.8 Å². The van der Waals surface area contributed by atoms with Crippen LogP contribution in [0, 0.1) is 16.7 Å². The predicted molar refractivity (Wildman–Crippen MR) is 65.9 cm³/mol. The first-order chi connectivity index (χ1) is 7.84. The zero-order valence-electron chi connectivity index (χ0n) is 10.9. The van der Waals surface area contributed by atoms with E-state index in [1.165, 1.54) is 7.11 Å². The van der Waals surface area contributed by atoms with Gasteiger partial charge >= 0.3 is 109 Å². The molecule has 0 heterocycles. The van der Waals surface area contributed by atoms with E-state index in [-0.39, 0.29) is 36.6 Å². The molecule has 2 fully saturated rings. The summed E-state index contributed by atoms with van der Waals surface area (Å²) in [6.07, 6.45) is 2.16. The SMILES string of the molecule is COC(=O)C[Se]C1C(=O)C2(C)CCC1C2(C)C. The van der Waals surface area contributed by atoms with Gasteiger partial charge in [0, 0.05) is 0 Å². The summed E-state index contributed by atoms with van der Waals surface area (Å²) >= 11 is 0.0598. The van der Waals surface area contributed by atoms with Gasteiger partial charge in [0.1, 0.15) is 0 Å². The Morgan fingerprint density at radius 3 is 2.59 bits per heavy atom. The molecule has 0 N–H and O–H groups in total. The molecule has 2 bridgehead atoms. The van der Waals surface area contributed by atoms with Crippen molar-refractivity contribution in [2.24, 2.45) is 16.7 Å². The maximum atomic E-state index is 12.5. The number of fused-ring (bicyclic) bond motifs is 2. The number of ether oxygens (including phenoxy) is 1. The van der Waals surface area contributed by atoms with Crippen LogP contribution in [0.5, 0.6) is 0 Å². The number of ketones is 1. The fourth-order valence-electron chi connectivity index (χ4n) is 3.41. The van der Waals surface area contributed by atoms with Gasteiger partial charge in [0.2, 0.25) is 0 Å². The van der Waals surface area contributed by atoms with Gasteiger partial charge < -0.3 is 0 Å². The second kappa shape index (κ2) is 4.10. The summed E-state index contributed by atoms with van der Waals surface area (Å²) < 4.78 is 4.67. The van der Waals surface area contributed by atoms with Crippen molar-refractivity contribution in [3.05, 3.63) is 0 Å². The van der Waals surface area contributed by atoms with Crippen molar-refractivity contribution in [1.82, 2.24) is 0 Å². The minimum absolute atomic E-state index is 0.0598. The van der Waals surface area contributed by atoms with Gasteiger partial charge in [-0.25, -0.2) is 0 Å². The number of hydrogen-bond acceptors (Lipinski definition) is 3. The molecule has 0 spiro atoms. The molecule has 0 aromatic carbocycles. The Hall–Kier alpha value is -0.341. The topological polar surface area (TPSA) is 43.4 Å². The second-order valence-corrected chi connectivity index (χ2v) is 8.24. The van der Waals surface area contributed by atoms with Crippen LogP contribution in [-0.2, 0) is 14.3 Å². The van der Waals surface area contributed by atoms with Crippen LogP contribution in [0.3, 0.4) is 0 Å². The van der Waals surface area contributed by atoms with Crippen molar-refractivity contribution < 1.29 is 14.3 Å². The Kier molecular flexibility index (Phi) is 3.16. The van der Waals surface area contributed by atoms with Crippen LogP contribution < -0.4 is 0 Å². The van der Waals surface area contributed by atoms with Gasteiger partial charge in [0.25, 0.3) is 0 Å². The number of carbonyl (C=O) groups is 2. The monoisotopic (exact) mass is 304 g/mol. The summed E-state index contributed by atoms with van der Waals surface area (Å²) in [6, 6.07) is 0. The third-order valence-corrected chi connectivity index (χ3v) is 7.82. The van der Waals surface area contributed by atoms with Crippen molar-refractivity contribution in [3.63, 3.8) is 0 Å². The molecule has 3 unspecified atom stereocenters. The van der Waals surface area contributed by atoms with Crippen LogP contribution in [0.2, 0.25) is 10.1 Å². The molecule has 96 valence electrons. The summed E-state index contributed by atoms with van der Waals surface area (Å²) in [4.78, 5) is 23.8. The number of methoxy groups -OCH3 is 1. The Morgan fingerprint density at radius 2 is 2.12 bits per heavy atom. The van der Waals surface area contributed by atoms with E-state index in [2.05, 4.69) is 25.5 Å². The molecule has 0 aromatic heterocycles. The van der Waals surface area contributed by atoms with Crippen LogP contribution >= 0.6 is 0 Å². The first-order valence-electron chi connectivity index (χ1n) is 6.07. The van der Waals surface area contributed by atoms with Crippen molar-refractivity contribution in [2.75, 3.05) is 7.11 Å². The molecule has 0 saturated heterocycles. The van der Waals surface area contributed by atoms with Crippen molar-refractivity contribution in [2.45, 2.75) is 43.7 Å². The fourth-order valence-corrected chi connectivity index (χ4v) is 6.67. The average molecular weight is 303 g/mol. The number of Topliss-reactive ketones (excluding diaryl/α,β-unsaturated/α-hetero) is 1. The van der Waals surface area contributed by atoms with Crippen LogP contribution in [0.1, 0.15) is 33.6 Å². The summed E-state index contributed by atoms with van der Waals surface area (Å²) in [5.41, 5.74) is -0.0488. The Balaban J connectivity index is 2.12. The first kappa shape index (κ1) is 13.1. The van der Waals surface area contributed by atoms with Crippen molar-refractivity contribution in [3.8, 4) is 0 Å². The molecule has 3 atom stereocenters.